The second-order valence-electron chi connectivity index (χ2n) is 6.42. The Morgan fingerprint density at radius 3 is 2.67 bits per heavy atom. The molecule has 1 N–H and O–H groups in total. The van der Waals surface area contributed by atoms with Crippen molar-refractivity contribution in [3.8, 4) is 0 Å². The van der Waals surface area contributed by atoms with Gasteiger partial charge in [0.15, 0.2) is 0 Å². The Bertz CT molecular complexity index is 807. The molecule has 1 aromatic heterocycles. The normalized spacial score (nSPS) is 17.6. The summed E-state index contributed by atoms with van der Waals surface area (Å²) in [5, 5.41) is 10.5. The molecule has 1 aromatic carbocycles. The van der Waals surface area contributed by atoms with Gasteiger partial charge >= 0.3 is 5.97 Å². The highest BCUT2D eigenvalue weighted by Gasteiger charge is 2.36. The summed E-state index contributed by atoms with van der Waals surface area (Å²) >= 11 is 0. The highest BCUT2D eigenvalue weighted by molar-refractivity contribution is 6.03. The topological polar surface area (TPSA) is 62.5 Å². The molecule has 0 radical (unpaired) electrons. The minimum Gasteiger partial charge on any atom is -0.480 e. The van der Waals surface area contributed by atoms with E-state index in [0.29, 0.717) is 25.2 Å². The van der Waals surface area contributed by atoms with E-state index in [9.17, 15) is 14.7 Å². The molecule has 1 amide bonds. The molecule has 1 aliphatic heterocycles. The van der Waals surface area contributed by atoms with Gasteiger partial charge in [-0.05, 0) is 56.4 Å². The number of fused-ring (bicyclic) bond motifs is 1. The standard InChI is InChI=1S/C19H24N2O3/c1-4-13-8-9-15-14(11-13)12(3)17(20(15)5-2)18(22)21-10-6-7-16(21)19(23)24/h8-9,11,16H,4-7,10H2,1-3H3,(H,23,24). The Hall–Kier alpha value is -2.30. The number of rotatable bonds is 4. The van der Waals surface area contributed by atoms with Crippen LogP contribution in [-0.2, 0) is 17.8 Å². The van der Waals surface area contributed by atoms with Gasteiger partial charge < -0.3 is 14.6 Å². The molecule has 3 rings (SSSR count). The second-order valence-corrected chi connectivity index (χ2v) is 6.42. The van der Waals surface area contributed by atoms with Crippen LogP contribution in [0.25, 0.3) is 10.9 Å². The molecule has 5 heteroatoms. The largest absolute Gasteiger partial charge is 0.480 e. The van der Waals surface area contributed by atoms with Crippen LogP contribution in [0.3, 0.4) is 0 Å². The van der Waals surface area contributed by atoms with Crippen LogP contribution in [0, 0.1) is 6.92 Å². The lowest BCUT2D eigenvalue weighted by atomic mass is 10.1. The molecule has 0 spiro atoms. The molecular formula is C19H24N2O3. The maximum Gasteiger partial charge on any atom is 0.326 e. The number of hydrogen-bond donors (Lipinski definition) is 1. The Morgan fingerprint density at radius 2 is 2.04 bits per heavy atom. The first-order valence-electron chi connectivity index (χ1n) is 8.65. The van der Waals surface area contributed by atoms with Crippen LogP contribution in [0.5, 0.6) is 0 Å². The summed E-state index contributed by atoms with van der Waals surface area (Å²) in [4.78, 5) is 26.1. The van der Waals surface area contributed by atoms with Crippen molar-refractivity contribution >= 4 is 22.8 Å². The lowest BCUT2D eigenvalue weighted by molar-refractivity contribution is -0.141. The van der Waals surface area contributed by atoms with Crippen molar-refractivity contribution in [3.63, 3.8) is 0 Å². The summed E-state index contributed by atoms with van der Waals surface area (Å²) in [5.41, 5.74) is 3.86. The van der Waals surface area contributed by atoms with Crippen molar-refractivity contribution in [1.82, 2.24) is 9.47 Å². The zero-order valence-electron chi connectivity index (χ0n) is 14.5. The van der Waals surface area contributed by atoms with Crippen LogP contribution in [-0.4, -0.2) is 39.0 Å². The van der Waals surface area contributed by atoms with Crippen LogP contribution in [0.4, 0.5) is 0 Å². The number of amides is 1. The van der Waals surface area contributed by atoms with E-state index in [2.05, 4.69) is 25.1 Å². The van der Waals surface area contributed by atoms with Gasteiger partial charge in [0, 0.05) is 24.0 Å². The second kappa shape index (κ2) is 6.30. The Balaban J connectivity index is 2.13. The number of nitrogens with zero attached hydrogens (tertiary/aromatic N) is 2. The predicted molar refractivity (Wildman–Crippen MR) is 93.4 cm³/mol. The molecule has 0 aliphatic carbocycles. The maximum absolute atomic E-state index is 13.1. The van der Waals surface area contributed by atoms with E-state index in [1.807, 2.05) is 18.4 Å². The van der Waals surface area contributed by atoms with Gasteiger partial charge in [0.1, 0.15) is 11.7 Å². The van der Waals surface area contributed by atoms with Crippen molar-refractivity contribution in [2.45, 2.75) is 52.6 Å². The zero-order valence-corrected chi connectivity index (χ0v) is 14.5. The molecule has 24 heavy (non-hydrogen) atoms. The summed E-state index contributed by atoms with van der Waals surface area (Å²) in [7, 11) is 0. The first kappa shape index (κ1) is 16.6. The summed E-state index contributed by atoms with van der Waals surface area (Å²) in [6.07, 6.45) is 2.23. The van der Waals surface area contributed by atoms with Gasteiger partial charge in [-0.15, -0.1) is 0 Å². The average molecular weight is 328 g/mol. The SMILES string of the molecule is CCc1ccc2c(c1)c(C)c(C(=O)N1CCCC1C(=O)O)n2CC. The van der Waals surface area contributed by atoms with E-state index < -0.39 is 12.0 Å². The van der Waals surface area contributed by atoms with E-state index in [-0.39, 0.29) is 5.91 Å². The van der Waals surface area contributed by atoms with Crippen molar-refractivity contribution < 1.29 is 14.7 Å². The summed E-state index contributed by atoms with van der Waals surface area (Å²) in [6, 6.07) is 5.61. The number of aryl methyl sites for hydroxylation is 3. The predicted octanol–water partition coefficient (Wildman–Crippen LogP) is 3.22. The third kappa shape index (κ3) is 2.48. The number of carboxylic acid groups (broad SMARTS) is 1. The molecule has 5 nitrogen and oxygen atoms in total. The molecule has 1 fully saturated rings. The molecule has 2 heterocycles. The smallest absolute Gasteiger partial charge is 0.326 e. The number of benzene rings is 1. The monoisotopic (exact) mass is 328 g/mol. The number of likely N-dealkylation sites (tertiary alicyclic amines) is 1. The Kier molecular flexibility index (Phi) is 4.35. The third-order valence-corrected chi connectivity index (χ3v) is 5.11. The van der Waals surface area contributed by atoms with E-state index in [1.165, 1.54) is 10.5 Å². The molecule has 2 aromatic rings. The molecule has 128 valence electrons. The third-order valence-electron chi connectivity index (χ3n) is 5.11. The van der Waals surface area contributed by atoms with E-state index in [1.54, 1.807) is 0 Å². The van der Waals surface area contributed by atoms with Crippen LogP contribution < -0.4 is 0 Å². The van der Waals surface area contributed by atoms with Gasteiger partial charge in [-0.25, -0.2) is 4.79 Å². The van der Waals surface area contributed by atoms with Gasteiger partial charge in [0.2, 0.25) is 0 Å². The number of carboxylic acids is 1. The minimum absolute atomic E-state index is 0.159. The van der Waals surface area contributed by atoms with E-state index in [0.717, 1.165) is 29.3 Å². The Morgan fingerprint density at radius 1 is 1.29 bits per heavy atom. The Labute approximate surface area is 141 Å². The number of carbonyl (C=O) groups is 2. The van der Waals surface area contributed by atoms with E-state index in [4.69, 9.17) is 0 Å². The molecule has 1 atom stereocenters. The molecular weight excluding hydrogens is 304 g/mol. The van der Waals surface area contributed by atoms with Crippen LogP contribution in [0.1, 0.15) is 48.3 Å². The molecule has 1 saturated heterocycles. The first-order chi connectivity index (χ1) is 11.5. The number of hydrogen-bond acceptors (Lipinski definition) is 2. The van der Waals surface area contributed by atoms with Crippen molar-refractivity contribution in [2.75, 3.05) is 6.54 Å². The van der Waals surface area contributed by atoms with Gasteiger partial charge in [0.25, 0.3) is 5.91 Å². The fourth-order valence-electron chi connectivity index (χ4n) is 3.80. The first-order valence-corrected chi connectivity index (χ1v) is 8.65. The average Bonchev–Trinajstić information content (AvgIpc) is 3.17. The fraction of sp³-hybridized carbons (Fsp3) is 0.474. The molecule has 0 saturated carbocycles. The highest BCUT2D eigenvalue weighted by Crippen LogP contribution is 2.30. The van der Waals surface area contributed by atoms with Gasteiger partial charge in [0.05, 0.1) is 0 Å². The van der Waals surface area contributed by atoms with Crippen LogP contribution in [0.2, 0.25) is 0 Å². The van der Waals surface area contributed by atoms with E-state index >= 15 is 0 Å². The lowest BCUT2D eigenvalue weighted by Crippen LogP contribution is -2.41. The van der Waals surface area contributed by atoms with Gasteiger partial charge in [-0.3, -0.25) is 4.79 Å². The van der Waals surface area contributed by atoms with Crippen molar-refractivity contribution in [1.29, 1.82) is 0 Å². The summed E-state index contributed by atoms with van der Waals surface area (Å²) < 4.78 is 2.02. The van der Waals surface area contributed by atoms with Gasteiger partial charge in [-0.2, -0.15) is 0 Å². The molecule has 0 bridgehead atoms. The lowest BCUT2D eigenvalue weighted by Gasteiger charge is -2.22. The van der Waals surface area contributed by atoms with Crippen LogP contribution in [0.15, 0.2) is 18.2 Å². The van der Waals surface area contributed by atoms with Crippen LogP contribution >= 0.6 is 0 Å². The van der Waals surface area contributed by atoms with Crippen molar-refractivity contribution in [2.24, 2.45) is 0 Å². The maximum atomic E-state index is 13.1. The number of aliphatic carboxylic acids is 1. The number of carbonyl (C=O) groups excluding carboxylic acids is 1. The number of aromatic nitrogens is 1. The quantitative estimate of drug-likeness (QED) is 0.937. The van der Waals surface area contributed by atoms with Gasteiger partial charge in [-0.1, -0.05) is 13.0 Å². The summed E-state index contributed by atoms with van der Waals surface area (Å²) in [5.74, 6) is -1.07. The van der Waals surface area contributed by atoms with Crippen molar-refractivity contribution in [3.05, 3.63) is 35.0 Å². The fourth-order valence-corrected chi connectivity index (χ4v) is 3.80. The highest BCUT2D eigenvalue weighted by atomic mass is 16.4. The minimum atomic E-state index is -0.911. The summed E-state index contributed by atoms with van der Waals surface area (Å²) in [6.45, 7) is 7.29. The zero-order chi connectivity index (χ0) is 17.4. The molecule has 1 unspecified atom stereocenters. The molecule has 1 aliphatic rings.